The maximum atomic E-state index is 13.1. The average Bonchev–Trinajstić information content (AvgIpc) is 3.31. The van der Waals surface area contributed by atoms with Crippen molar-refractivity contribution in [2.75, 3.05) is 18.6 Å². The van der Waals surface area contributed by atoms with Gasteiger partial charge in [0.15, 0.2) is 6.04 Å². The van der Waals surface area contributed by atoms with Gasteiger partial charge in [-0.25, -0.2) is 9.78 Å². The summed E-state index contributed by atoms with van der Waals surface area (Å²) in [4.78, 5) is 56.6. The molecule has 0 aromatic carbocycles. The maximum Gasteiger partial charge on any atom is 0.328 e. The Bertz CT molecular complexity index is 808. The van der Waals surface area contributed by atoms with E-state index in [1.54, 1.807) is 6.20 Å². The molecule has 0 saturated carbocycles. The third-order valence-corrected chi connectivity index (χ3v) is 5.85. The molecule has 0 spiro atoms. The summed E-state index contributed by atoms with van der Waals surface area (Å²) in [5, 5.41) is 26.4. The summed E-state index contributed by atoms with van der Waals surface area (Å²) in [7, 11) is 0. The molecule has 0 fully saturated rings. The predicted octanol–water partition coefficient (Wildman–Crippen LogP) is -1.92. The van der Waals surface area contributed by atoms with Crippen molar-refractivity contribution in [2.45, 2.75) is 69.3 Å². The Hall–Kier alpha value is -2.68. The van der Waals surface area contributed by atoms with Gasteiger partial charge in [0.05, 0.1) is 18.5 Å². The van der Waals surface area contributed by atoms with E-state index in [2.05, 4.69) is 25.9 Å². The van der Waals surface area contributed by atoms with Gasteiger partial charge in [0, 0.05) is 18.3 Å². The molecule has 1 heterocycles. The lowest BCUT2D eigenvalue weighted by atomic mass is 10.1. The van der Waals surface area contributed by atoms with Crippen molar-refractivity contribution >= 4 is 35.5 Å². The van der Waals surface area contributed by atoms with Crippen LogP contribution in [-0.2, 0) is 25.6 Å². The van der Waals surface area contributed by atoms with Crippen LogP contribution in [0.25, 0.3) is 0 Å². The Balaban J connectivity index is 2.92. The first-order chi connectivity index (χ1) is 16.6. The quantitative estimate of drug-likeness (QED) is 0.107. The molecular formula is C21H37N7O6S. The second-order valence-electron chi connectivity index (χ2n) is 8.14. The van der Waals surface area contributed by atoms with E-state index in [4.69, 9.17) is 11.5 Å². The number of carbonyl (C=O) groups is 4. The van der Waals surface area contributed by atoms with E-state index in [1.165, 1.54) is 25.0 Å². The number of imidazole rings is 1. The van der Waals surface area contributed by atoms with Gasteiger partial charge in [-0.05, 0) is 51.2 Å². The number of hydrogen-bond donors (Lipinski definition) is 8. The fourth-order valence-electron chi connectivity index (χ4n) is 3.19. The normalized spacial score (nSPS) is 15.3. The van der Waals surface area contributed by atoms with E-state index >= 15 is 0 Å². The molecule has 1 aromatic rings. The smallest absolute Gasteiger partial charge is 0.328 e. The SMILES string of the molecule is CSCCC(NC(=O)C(CCCCN)NC(=O)C(N)Cc1cnc[nH]1)C(=O)NC(C(=O)O)C(C)O. The van der Waals surface area contributed by atoms with Crippen molar-refractivity contribution in [2.24, 2.45) is 11.5 Å². The number of hydrogen-bond acceptors (Lipinski definition) is 9. The zero-order valence-corrected chi connectivity index (χ0v) is 20.8. The van der Waals surface area contributed by atoms with Crippen LogP contribution in [-0.4, -0.2) is 92.7 Å². The summed E-state index contributed by atoms with van der Waals surface area (Å²) < 4.78 is 0. The summed E-state index contributed by atoms with van der Waals surface area (Å²) in [5.74, 6) is -2.79. The number of unbranched alkanes of at least 4 members (excludes halogenated alkanes) is 1. The number of carbonyl (C=O) groups excluding carboxylic acids is 3. The number of nitrogens with two attached hydrogens (primary N) is 2. The monoisotopic (exact) mass is 515 g/mol. The van der Waals surface area contributed by atoms with Crippen LogP contribution in [0.15, 0.2) is 12.5 Å². The molecule has 14 heteroatoms. The van der Waals surface area contributed by atoms with Crippen LogP contribution >= 0.6 is 11.8 Å². The molecule has 5 unspecified atom stereocenters. The van der Waals surface area contributed by atoms with Crippen LogP contribution in [0.5, 0.6) is 0 Å². The molecular weight excluding hydrogens is 478 g/mol. The first-order valence-electron chi connectivity index (χ1n) is 11.3. The van der Waals surface area contributed by atoms with E-state index < -0.39 is 54.0 Å². The number of amides is 3. The fraction of sp³-hybridized carbons (Fsp3) is 0.667. The Labute approximate surface area is 208 Å². The molecule has 13 nitrogen and oxygen atoms in total. The number of rotatable bonds is 17. The molecule has 198 valence electrons. The maximum absolute atomic E-state index is 13.1. The molecule has 1 aromatic heterocycles. The highest BCUT2D eigenvalue weighted by Crippen LogP contribution is 2.07. The zero-order chi connectivity index (χ0) is 26.4. The van der Waals surface area contributed by atoms with Gasteiger partial charge in [0.2, 0.25) is 17.7 Å². The molecule has 35 heavy (non-hydrogen) atoms. The van der Waals surface area contributed by atoms with Crippen LogP contribution in [0.3, 0.4) is 0 Å². The minimum absolute atomic E-state index is 0.192. The molecule has 0 aliphatic heterocycles. The minimum atomic E-state index is -1.53. The highest BCUT2D eigenvalue weighted by molar-refractivity contribution is 7.98. The van der Waals surface area contributed by atoms with Gasteiger partial charge in [0.25, 0.3) is 0 Å². The molecule has 10 N–H and O–H groups in total. The molecule has 0 bridgehead atoms. The first-order valence-corrected chi connectivity index (χ1v) is 12.7. The number of nitrogens with zero attached hydrogens (tertiary/aromatic N) is 1. The van der Waals surface area contributed by atoms with E-state index in [1.807, 2.05) is 6.26 Å². The standard InChI is InChI=1S/C21H37N7O6S/c1-12(29)17(21(33)34)28-20(32)16(6-8-35-2)27-19(31)15(5-3-4-7-22)26-18(30)14(23)9-13-10-24-11-25-13/h10-12,14-17,29H,3-9,22-23H2,1-2H3,(H,24,25)(H,26,30)(H,27,31)(H,28,32)(H,33,34). The topological polar surface area (TPSA) is 226 Å². The number of aliphatic hydroxyl groups is 1. The van der Waals surface area contributed by atoms with Crippen LogP contribution in [0.2, 0.25) is 0 Å². The number of nitrogens with one attached hydrogen (secondary N) is 4. The zero-order valence-electron chi connectivity index (χ0n) is 20.0. The summed E-state index contributed by atoms with van der Waals surface area (Å²) in [6.45, 7) is 1.65. The molecule has 0 radical (unpaired) electrons. The minimum Gasteiger partial charge on any atom is -0.480 e. The Morgan fingerprint density at radius 2 is 1.71 bits per heavy atom. The van der Waals surface area contributed by atoms with Crippen LogP contribution in [0.1, 0.15) is 38.3 Å². The number of aromatic amines is 1. The average molecular weight is 516 g/mol. The number of aliphatic carboxylic acids is 1. The number of thioether (sulfide) groups is 1. The number of aliphatic hydroxyl groups excluding tert-OH is 1. The van der Waals surface area contributed by atoms with Crippen LogP contribution in [0.4, 0.5) is 0 Å². The third-order valence-electron chi connectivity index (χ3n) is 5.20. The van der Waals surface area contributed by atoms with Crippen LogP contribution in [0, 0.1) is 0 Å². The van der Waals surface area contributed by atoms with E-state index in [9.17, 15) is 29.4 Å². The van der Waals surface area contributed by atoms with Crippen molar-refractivity contribution in [3.63, 3.8) is 0 Å². The summed E-state index contributed by atoms with van der Waals surface area (Å²) >= 11 is 1.44. The van der Waals surface area contributed by atoms with Gasteiger partial charge in [0.1, 0.15) is 12.1 Å². The second kappa shape index (κ2) is 16.1. The fourth-order valence-corrected chi connectivity index (χ4v) is 3.66. The summed E-state index contributed by atoms with van der Waals surface area (Å²) in [5.41, 5.74) is 12.2. The lowest BCUT2D eigenvalue weighted by Gasteiger charge is -2.25. The van der Waals surface area contributed by atoms with Gasteiger partial charge in [-0.2, -0.15) is 11.8 Å². The molecule has 0 aliphatic carbocycles. The Morgan fingerprint density at radius 1 is 1.09 bits per heavy atom. The molecule has 5 atom stereocenters. The number of aromatic nitrogens is 2. The van der Waals surface area contributed by atoms with Gasteiger partial charge in [-0.15, -0.1) is 0 Å². The largest absolute Gasteiger partial charge is 0.480 e. The summed E-state index contributed by atoms with van der Waals surface area (Å²) in [6, 6.07) is -4.50. The third kappa shape index (κ3) is 11.1. The molecule has 1 rings (SSSR count). The lowest BCUT2D eigenvalue weighted by molar-refractivity contribution is -0.145. The molecule has 3 amide bonds. The lowest BCUT2D eigenvalue weighted by Crippen LogP contribution is -2.58. The second-order valence-corrected chi connectivity index (χ2v) is 9.13. The van der Waals surface area contributed by atoms with E-state index in [0.717, 1.165) is 0 Å². The Kier molecular flexibility index (Phi) is 13.9. The highest BCUT2D eigenvalue weighted by atomic mass is 32.2. The predicted molar refractivity (Wildman–Crippen MR) is 131 cm³/mol. The van der Waals surface area contributed by atoms with Gasteiger partial charge in [-0.3, -0.25) is 14.4 Å². The number of H-pyrrole nitrogens is 1. The van der Waals surface area contributed by atoms with Crippen LogP contribution < -0.4 is 27.4 Å². The van der Waals surface area contributed by atoms with Crippen molar-refractivity contribution in [3.8, 4) is 0 Å². The number of carboxylic acids is 1. The van der Waals surface area contributed by atoms with Gasteiger partial charge >= 0.3 is 5.97 Å². The van der Waals surface area contributed by atoms with Crippen molar-refractivity contribution in [3.05, 3.63) is 18.2 Å². The van der Waals surface area contributed by atoms with E-state index in [-0.39, 0.29) is 19.3 Å². The molecule has 0 saturated heterocycles. The summed E-state index contributed by atoms with van der Waals surface area (Å²) in [6.07, 6.45) is 5.36. The first kappa shape index (κ1) is 30.4. The van der Waals surface area contributed by atoms with Crippen molar-refractivity contribution in [1.29, 1.82) is 0 Å². The van der Waals surface area contributed by atoms with Gasteiger partial charge in [-0.1, -0.05) is 0 Å². The van der Waals surface area contributed by atoms with Crippen molar-refractivity contribution in [1.82, 2.24) is 25.9 Å². The van der Waals surface area contributed by atoms with E-state index in [0.29, 0.717) is 30.8 Å². The van der Waals surface area contributed by atoms with Gasteiger partial charge < -0.3 is 42.6 Å². The van der Waals surface area contributed by atoms with Crippen molar-refractivity contribution < 1.29 is 29.4 Å². The number of carboxylic acid groups (broad SMARTS) is 1. The highest BCUT2D eigenvalue weighted by Gasteiger charge is 2.31. The molecule has 0 aliphatic rings. The Morgan fingerprint density at radius 3 is 2.26 bits per heavy atom.